The van der Waals surface area contributed by atoms with Gasteiger partial charge in [0.2, 0.25) is 0 Å². The van der Waals surface area contributed by atoms with Crippen molar-refractivity contribution in [2.24, 2.45) is 17.8 Å². The maximum Gasteiger partial charge on any atom is -0.0172 e. The Bertz CT molecular complexity index is 167. The predicted octanol–water partition coefficient (Wildman–Crippen LogP) is 3.00. The highest BCUT2D eigenvalue weighted by atomic mass is 14.4. The first kappa shape index (κ1) is 6.45. The van der Waals surface area contributed by atoms with Gasteiger partial charge in [-0.3, -0.25) is 0 Å². The molecule has 0 amide bonds. The van der Waals surface area contributed by atoms with Crippen molar-refractivity contribution in [2.45, 2.75) is 33.1 Å². The maximum absolute atomic E-state index is 2.48. The van der Waals surface area contributed by atoms with E-state index in [1.165, 1.54) is 19.3 Å². The molecule has 2 aliphatic rings. The van der Waals surface area contributed by atoms with Crippen LogP contribution in [0.2, 0.25) is 0 Å². The summed E-state index contributed by atoms with van der Waals surface area (Å²) in [6.45, 7) is 4.79. The minimum Gasteiger partial charge on any atom is -0.0847 e. The Kier molecular flexibility index (Phi) is 1.36. The van der Waals surface area contributed by atoms with Crippen LogP contribution >= 0.6 is 0 Å². The van der Waals surface area contributed by atoms with Crippen molar-refractivity contribution >= 4 is 0 Å². The first-order valence-electron chi connectivity index (χ1n) is 4.49. The van der Waals surface area contributed by atoms with E-state index in [-0.39, 0.29) is 0 Å². The van der Waals surface area contributed by atoms with E-state index in [9.17, 15) is 0 Å². The highest BCUT2D eigenvalue weighted by molar-refractivity contribution is 5.20. The van der Waals surface area contributed by atoms with E-state index in [4.69, 9.17) is 0 Å². The molecule has 10 heavy (non-hydrogen) atoms. The lowest BCUT2D eigenvalue weighted by Crippen LogP contribution is -2.00. The van der Waals surface area contributed by atoms with Crippen LogP contribution < -0.4 is 0 Å². The zero-order valence-corrected chi connectivity index (χ0v) is 6.93. The quantitative estimate of drug-likeness (QED) is 0.449. The standard InChI is InChI=1S/C10H16/c1-7-6-8(2)10-5-3-4-9(7)10/h4,7-8,10H,3,5-6H2,1-2H3/t7-,8+,10?/m0/s1. The third-order valence-corrected chi connectivity index (χ3v) is 3.27. The Hall–Kier alpha value is -0.260. The molecule has 0 aromatic rings. The molecule has 0 spiro atoms. The molecule has 0 aliphatic heterocycles. The minimum atomic E-state index is 0.905. The summed E-state index contributed by atoms with van der Waals surface area (Å²) in [7, 11) is 0. The molecule has 1 fully saturated rings. The summed E-state index contributed by atoms with van der Waals surface area (Å²) in [5.41, 5.74) is 1.78. The lowest BCUT2D eigenvalue weighted by molar-refractivity contribution is 0.441. The zero-order chi connectivity index (χ0) is 7.14. The molecule has 2 rings (SSSR count). The van der Waals surface area contributed by atoms with Gasteiger partial charge in [-0.2, -0.15) is 0 Å². The third-order valence-electron chi connectivity index (χ3n) is 3.27. The molecule has 0 heteroatoms. The Morgan fingerprint density at radius 1 is 1.40 bits per heavy atom. The molecule has 0 N–H and O–H groups in total. The molecule has 0 bridgehead atoms. The van der Waals surface area contributed by atoms with Crippen LogP contribution in [0, 0.1) is 17.8 Å². The highest BCUT2D eigenvalue weighted by Gasteiger charge is 2.35. The van der Waals surface area contributed by atoms with E-state index in [1.807, 2.05) is 0 Å². The SMILES string of the molecule is C[C@@H]1C[C@H](C)C2=CCCC21. The molecule has 0 saturated heterocycles. The largest absolute Gasteiger partial charge is 0.0847 e. The van der Waals surface area contributed by atoms with Gasteiger partial charge in [-0.15, -0.1) is 0 Å². The fourth-order valence-electron chi connectivity index (χ4n) is 2.79. The van der Waals surface area contributed by atoms with Gasteiger partial charge in [0.05, 0.1) is 0 Å². The number of allylic oxidation sites excluding steroid dienone is 2. The van der Waals surface area contributed by atoms with E-state index in [0.29, 0.717) is 0 Å². The Morgan fingerprint density at radius 3 is 2.90 bits per heavy atom. The summed E-state index contributed by atoms with van der Waals surface area (Å²) in [5, 5.41) is 0. The van der Waals surface area contributed by atoms with Gasteiger partial charge >= 0.3 is 0 Å². The van der Waals surface area contributed by atoms with E-state index in [2.05, 4.69) is 19.9 Å². The molecule has 56 valence electrons. The number of hydrogen-bond acceptors (Lipinski definition) is 0. The van der Waals surface area contributed by atoms with Crippen molar-refractivity contribution in [3.8, 4) is 0 Å². The maximum atomic E-state index is 2.48. The second-order valence-corrected chi connectivity index (χ2v) is 4.00. The van der Waals surface area contributed by atoms with Gasteiger partial charge in [-0.05, 0) is 37.0 Å². The predicted molar refractivity (Wildman–Crippen MR) is 43.8 cm³/mol. The van der Waals surface area contributed by atoms with E-state index in [1.54, 1.807) is 5.57 Å². The van der Waals surface area contributed by atoms with Gasteiger partial charge in [0.15, 0.2) is 0 Å². The van der Waals surface area contributed by atoms with Gasteiger partial charge in [-0.1, -0.05) is 25.5 Å². The molecular formula is C10H16. The number of hydrogen-bond donors (Lipinski definition) is 0. The Morgan fingerprint density at radius 2 is 2.20 bits per heavy atom. The molecule has 0 aromatic carbocycles. The van der Waals surface area contributed by atoms with Gasteiger partial charge in [0.1, 0.15) is 0 Å². The van der Waals surface area contributed by atoms with Crippen molar-refractivity contribution in [3.05, 3.63) is 11.6 Å². The molecule has 0 aromatic heterocycles. The summed E-state index contributed by atoms with van der Waals surface area (Å²) in [5.74, 6) is 2.86. The number of fused-ring (bicyclic) bond motifs is 1. The fourth-order valence-corrected chi connectivity index (χ4v) is 2.79. The second kappa shape index (κ2) is 2.11. The van der Waals surface area contributed by atoms with Crippen molar-refractivity contribution in [3.63, 3.8) is 0 Å². The van der Waals surface area contributed by atoms with E-state index < -0.39 is 0 Å². The molecule has 1 unspecified atom stereocenters. The van der Waals surface area contributed by atoms with Crippen LogP contribution in [-0.2, 0) is 0 Å². The van der Waals surface area contributed by atoms with Gasteiger partial charge in [-0.25, -0.2) is 0 Å². The van der Waals surface area contributed by atoms with Crippen LogP contribution in [0.4, 0.5) is 0 Å². The molecule has 0 radical (unpaired) electrons. The monoisotopic (exact) mass is 136 g/mol. The average Bonchev–Trinajstić information content (AvgIpc) is 2.39. The lowest BCUT2D eigenvalue weighted by Gasteiger charge is -2.09. The van der Waals surface area contributed by atoms with Crippen molar-refractivity contribution in [1.29, 1.82) is 0 Å². The minimum absolute atomic E-state index is 0.905. The van der Waals surface area contributed by atoms with Gasteiger partial charge < -0.3 is 0 Å². The van der Waals surface area contributed by atoms with Crippen LogP contribution in [-0.4, -0.2) is 0 Å². The zero-order valence-electron chi connectivity index (χ0n) is 6.93. The summed E-state index contributed by atoms with van der Waals surface area (Å²) >= 11 is 0. The Balaban J connectivity index is 2.24. The summed E-state index contributed by atoms with van der Waals surface area (Å²) in [6, 6.07) is 0. The molecule has 2 aliphatic carbocycles. The van der Waals surface area contributed by atoms with Crippen molar-refractivity contribution in [2.75, 3.05) is 0 Å². The highest BCUT2D eigenvalue weighted by Crippen LogP contribution is 2.46. The number of rotatable bonds is 0. The normalized spacial score (nSPS) is 45.4. The van der Waals surface area contributed by atoms with Crippen LogP contribution in [0.5, 0.6) is 0 Å². The van der Waals surface area contributed by atoms with Gasteiger partial charge in [0.25, 0.3) is 0 Å². The molecular weight excluding hydrogens is 120 g/mol. The van der Waals surface area contributed by atoms with Crippen LogP contribution in [0.15, 0.2) is 11.6 Å². The van der Waals surface area contributed by atoms with E-state index >= 15 is 0 Å². The summed E-state index contributed by atoms with van der Waals surface area (Å²) < 4.78 is 0. The van der Waals surface area contributed by atoms with Gasteiger partial charge in [0, 0.05) is 0 Å². The second-order valence-electron chi connectivity index (χ2n) is 4.00. The van der Waals surface area contributed by atoms with Crippen molar-refractivity contribution < 1.29 is 0 Å². The molecule has 1 saturated carbocycles. The van der Waals surface area contributed by atoms with Crippen molar-refractivity contribution in [1.82, 2.24) is 0 Å². The van der Waals surface area contributed by atoms with Crippen LogP contribution in [0.1, 0.15) is 33.1 Å². The first-order chi connectivity index (χ1) is 4.79. The molecule has 0 heterocycles. The Labute approximate surface area is 63.3 Å². The third kappa shape index (κ3) is 0.744. The molecule has 3 atom stereocenters. The average molecular weight is 136 g/mol. The topological polar surface area (TPSA) is 0 Å². The first-order valence-corrected chi connectivity index (χ1v) is 4.49. The summed E-state index contributed by atoms with van der Waals surface area (Å²) in [4.78, 5) is 0. The lowest BCUT2D eigenvalue weighted by atomic mass is 9.96. The molecule has 0 nitrogen and oxygen atoms in total. The summed E-state index contributed by atoms with van der Waals surface area (Å²) in [6.07, 6.45) is 6.73. The fraction of sp³-hybridized carbons (Fsp3) is 0.800. The van der Waals surface area contributed by atoms with Crippen LogP contribution in [0.3, 0.4) is 0 Å². The van der Waals surface area contributed by atoms with Crippen LogP contribution in [0.25, 0.3) is 0 Å². The smallest absolute Gasteiger partial charge is 0.0172 e. The van der Waals surface area contributed by atoms with E-state index in [0.717, 1.165) is 17.8 Å².